The molecule has 0 spiro atoms. The second kappa shape index (κ2) is 7.25. The Hall–Kier alpha value is -1.84. The van der Waals surface area contributed by atoms with Crippen molar-refractivity contribution < 1.29 is 9.59 Å². The Morgan fingerprint density at radius 1 is 0.952 bits per heavy atom. The van der Waals surface area contributed by atoms with Gasteiger partial charge in [0.25, 0.3) is 0 Å². The van der Waals surface area contributed by atoms with Gasteiger partial charge in [-0.3, -0.25) is 9.59 Å². The fourth-order valence-corrected chi connectivity index (χ4v) is 2.14. The van der Waals surface area contributed by atoms with Gasteiger partial charge < -0.3 is 5.32 Å². The molecule has 2 aromatic carbocycles. The van der Waals surface area contributed by atoms with Crippen molar-refractivity contribution in [3.8, 4) is 0 Å². The second-order valence-corrected chi connectivity index (χ2v) is 5.31. The van der Waals surface area contributed by atoms with Crippen LogP contribution in [0, 0.1) is 0 Å². The lowest BCUT2D eigenvalue weighted by Crippen LogP contribution is -2.13. The van der Waals surface area contributed by atoms with E-state index in [1.54, 1.807) is 42.5 Å². The number of carbonyl (C=O) groups is 2. The zero-order valence-electron chi connectivity index (χ0n) is 11.1. The lowest BCUT2D eigenvalue weighted by Gasteiger charge is -2.07. The number of carbonyl (C=O) groups excluding carboxylic acids is 2. The molecule has 0 aliphatic heterocycles. The van der Waals surface area contributed by atoms with Crippen molar-refractivity contribution in [3.63, 3.8) is 0 Å². The largest absolute Gasteiger partial charge is 0.325 e. The summed E-state index contributed by atoms with van der Waals surface area (Å²) in [5.41, 5.74) is 1.05. The number of nitrogens with one attached hydrogen (secondary N) is 1. The molecule has 0 radical (unpaired) electrons. The Balaban J connectivity index is 1.91. The van der Waals surface area contributed by atoms with Crippen molar-refractivity contribution in [1.29, 1.82) is 0 Å². The van der Waals surface area contributed by atoms with Gasteiger partial charge in [-0.25, -0.2) is 0 Å². The summed E-state index contributed by atoms with van der Waals surface area (Å²) in [7, 11) is 0. The summed E-state index contributed by atoms with van der Waals surface area (Å²) in [6.45, 7) is 0. The predicted molar refractivity (Wildman–Crippen MR) is 85.1 cm³/mol. The van der Waals surface area contributed by atoms with E-state index in [0.717, 1.165) is 0 Å². The van der Waals surface area contributed by atoms with Gasteiger partial charge in [0.2, 0.25) is 5.91 Å². The van der Waals surface area contributed by atoms with Crippen LogP contribution in [0.15, 0.2) is 48.5 Å². The highest BCUT2D eigenvalue weighted by Gasteiger charge is 2.10. The maximum absolute atomic E-state index is 11.9. The van der Waals surface area contributed by atoms with Crippen LogP contribution < -0.4 is 5.32 Å². The quantitative estimate of drug-likeness (QED) is 0.818. The SMILES string of the molecule is O=C(CCC(=O)c1ccccc1)Nc1cc(Cl)ccc1Cl. The molecule has 0 unspecified atom stereocenters. The van der Waals surface area contributed by atoms with Crippen molar-refractivity contribution in [2.45, 2.75) is 12.8 Å². The molecule has 3 nitrogen and oxygen atoms in total. The Bertz CT molecular complexity index is 657. The second-order valence-electron chi connectivity index (χ2n) is 4.46. The first-order valence-corrected chi connectivity index (χ1v) is 7.15. The summed E-state index contributed by atoms with van der Waals surface area (Å²) in [6.07, 6.45) is 0.241. The monoisotopic (exact) mass is 321 g/mol. The van der Waals surface area contributed by atoms with E-state index in [0.29, 0.717) is 21.3 Å². The highest BCUT2D eigenvalue weighted by atomic mass is 35.5. The number of Topliss-reactive ketones (excluding diaryl/α,β-unsaturated/α-hetero) is 1. The molecule has 108 valence electrons. The maximum atomic E-state index is 11.9. The van der Waals surface area contributed by atoms with Gasteiger partial charge in [0, 0.05) is 23.4 Å². The zero-order valence-corrected chi connectivity index (χ0v) is 12.6. The minimum atomic E-state index is -0.275. The molecule has 1 N–H and O–H groups in total. The maximum Gasteiger partial charge on any atom is 0.224 e. The third-order valence-corrected chi connectivity index (χ3v) is 3.44. The van der Waals surface area contributed by atoms with Crippen LogP contribution in [-0.4, -0.2) is 11.7 Å². The van der Waals surface area contributed by atoms with Crippen LogP contribution in [0.5, 0.6) is 0 Å². The van der Waals surface area contributed by atoms with Crippen molar-refractivity contribution >= 4 is 40.6 Å². The zero-order chi connectivity index (χ0) is 15.2. The number of rotatable bonds is 5. The fourth-order valence-electron chi connectivity index (χ4n) is 1.80. The minimum absolute atomic E-state index is 0.0667. The molecule has 0 atom stereocenters. The normalized spacial score (nSPS) is 10.2. The molecule has 1 amide bonds. The minimum Gasteiger partial charge on any atom is -0.325 e. The highest BCUT2D eigenvalue weighted by molar-refractivity contribution is 6.35. The van der Waals surface area contributed by atoms with Crippen molar-refractivity contribution in [3.05, 3.63) is 64.1 Å². The van der Waals surface area contributed by atoms with Gasteiger partial charge in [-0.05, 0) is 18.2 Å². The van der Waals surface area contributed by atoms with Gasteiger partial charge in [0.15, 0.2) is 5.78 Å². The molecule has 0 saturated carbocycles. The molecule has 0 saturated heterocycles. The van der Waals surface area contributed by atoms with Gasteiger partial charge in [0.1, 0.15) is 0 Å². The van der Waals surface area contributed by atoms with Gasteiger partial charge in [-0.1, -0.05) is 53.5 Å². The van der Waals surface area contributed by atoms with E-state index in [2.05, 4.69) is 5.32 Å². The average Bonchev–Trinajstić information content (AvgIpc) is 2.49. The highest BCUT2D eigenvalue weighted by Crippen LogP contribution is 2.25. The average molecular weight is 322 g/mol. The topological polar surface area (TPSA) is 46.2 Å². The number of ketones is 1. The van der Waals surface area contributed by atoms with E-state index in [9.17, 15) is 9.59 Å². The summed E-state index contributed by atoms with van der Waals surface area (Å²) in [4.78, 5) is 23.7. The van der Waals surface area contributed by atoms with Gasteiger partial charge >= 0.3 is 0 Å². The van der Waals surface area contributed by atoms with Crippen LogP contribution in [0.4, 0.5) is 5.69 Å². The van der Waals surface area contributed by atoms with E-state index in [1.165, 1.54) is 0 Å². The molecule has 2 rings (SSSR count). The number of halogens is 2. The van der Waals surface area contributed by atoms with Crippen LogP contribution in [-0.2, 0) is 4.79 Å². The summed E-state index contributed by atoms with van der Waals surface area (Å²) in [5, 5.41) is 3.54. The lowest BCUT2D eigenvalue weighted by molar-refractivity contribution is -0.116. The van der Waals surface area contributed by atoms with E-state index in [4.69, 9.17) is 23.2 Å². The van der Waals surface area contributed by atoms with Gasteiger partial charge in [-0.15, -0.1) is 0 Å². The summed E-state index contributed by atoms with van der Waals surface area (Å²) < 4.78 is 0. The molecule has 2 aromatic rings. The first kappa shape index (κ1) is 15.5. The molecular weight excluding hydrogens is 309 g/mol. The van der Waals surface area contributed by atoms with E-state index in [1.807, 2.05) is 6.07 Å². The van der Waals surface area contributed by atoms with Gasteiger partial charge in [0.05, 0.1) is 10.7 Å². The Labute approximate surface area is 132 Å². The molecular formula is C16H13Cl2NO2. The summed E-state index contributed by atoms with van der Waals surface area (Å²) in [6, 6.07) is 13.7. The fraction of sp³-hybridized carbons (Fsp3) is 0.125. The predicted octanol–water partition coefficient (Wildman–Crippen LogP) is 4.60. The van der Waals surface area contributed by atoms with E-state index in [-0.39, 0.29) is 24.5 Å². The van der Waals surface area contributed by atoms with Crippen molar-refractivity contribution in [2.24, 2.45) is 0 Å². The summed E-state index contributed by atoms with van der Waals surface area (Å²) >= 11 is 11.8. The van der Waals surface area contributed by atoms with Crippen molar-refractivity contribution in [1.82, 2.24) is 0 Å². The Morgan fingerprint density at radius 2 is 1.67 bits per heavy atom. The molecule has 0 aliphatic carbocycles. The third-order valence-electron chi connectivity index (χ3n) is 2.88. The van der Waals surface area contributed by atoms with Crippen LogP contribution in [0.2, 0.25) is 10.0 Å². The first-order valence-electron chi connectivity index (χ1n) is 6.39. The number of hydrogen-bond donors (Lipinski definition) is 1. The van der Waals surface area contributed by atoms with Gasteiger partial charge in [-0.2, -0.15) is 0 Å². The van der Waals surface area contributed by atoms with Crippen LogP contribution in [0.3, 0.4) is 0 Å². The van der Waals surface area contributed by atoms with E-state index < -0.39 is 0 Å². The van der Waals surface area contributed by atoms with Crippen LogP contribution in [0.25, 0.3) is 0 Å². The number of anilines is 1. The standard InChI is InChI=1S/C16H13Cl2NO2/c17-12-6-7-13(18)14(10-12)19-16(21)9-8-15(20)11-4-2-1-3-5-11/h1-7,10H,8-9H2,(H,19,21). The van der Waals surface area contributed by atoms with E-state index >= 15 is 0 Å². The summed E-state index contributed by atoms with van der Waals surface area (Å²) in [5.74, 6) is -0.341. The number of amides is 1. The number of benzene rings is 2. The molecule has 0 heterocycles. The molecule has 0 fully saturated rings. The Morgan fingerprint density at radius 3 is 2.38 bits per heavy atom. The smallest absolute Gasteiger partial charge is 0.224 e. The lowest BCUT2D eigenvalue weighted by atomic mass is 10.1. The van der Waals surface area contributed by atoms with Crippen molar-refractivity contribution in [2.75, 3.05) is 5.32 Å². The molecule has 0 bridgehead atoms. The first-order chi connectivity index (χ1) is 10.1. The Kier molecular flexibility index (Phi) is 5.37. The molecule has 5 heteroatoms. The molecule has 0 aliphatic rings. The number of hydrogen-bond acceptors (Lipinski definition) is 2. The van der Waals surface area contributed by atoms with Crippen LogP contribution in [0.1, 0.15) is 23.2 Å². The molecule has 0 aromatic heterocycles. The third kappa shape index (κ3) is 4.59. The van der Waals surface area contributed by atoms with Crippen LogP contribution >= 0.6 is 23.2 Å². The molecule has 21 heavy (non-hydrogen) atoms.